The van der Waals surface area contributed by atoms with Crippen LogP contribution in [0, 0.1) is 25.7 Å². The molecule has 0 aromatic carbocycles. The van der Waals surface area contributed by atoms with E-state index in [-0.39, 0.29) is 12.1 Å². The average Bonchev–Trinajstić information content (AvgIpc) is 2.33. The molecule has 0 saturated carbocycles. The number of piperidine rings is 1. The Morgan fingerprint density at radius 1 is 1.31 bits per heavy atom. The van der Waals surface area contributed by atoms with Crippen molar-refractivity contribution in [3.05, 3.63) is 0 Å². The predicted molar refractivity (Wildman–Crippen MR) is 64.4 cm³/mol. The monoisotopic (exact) mass is 227 g/mol. The Morgan fingerprint density at radius 2 is 1.88 bits per heavy atom. The first kappa shape index (κ1) is 17.4. The van der Waals surface area contributed by atoms with E-state index in [1.165, 1.54) is 0 Å². The largest absolute Gasteiger partial charge is 0.392 e. The maximum Gasteiger partial charge on any atom is 0.151 e. The first-order valence-electron chi connectivity index (χ1n) is 5.06. The van der Waals surface area contributed by atoms with E-state index in [0.29, 0.717) is 13.2 Å². The average molecular weight is 227 g/mol. The number of terminal acetylenes is 2. The number of nitrogens with one attached hydrogen (secondary N) is 1. The van der Waals surface area contributed by atoms with E-state index >= 15 is 0 Å². The number of aliphatic hydroxyl groups excluding tert-OH is 2. The van der Waals surface area contributed by atoms with Crippen molar-refractivity contribution in [2.45, 2.75) is 38.2 Å². The van der Waals surface area contributed by atoms with Crippen LogP contribution in [0.3, 0.4) is 0 Å². The highest BCUT2D eigenvalue weighted by molar-refractivity contribution is 4.76. The molecule has 3 N–H and O–H groups in total. The number of hydrogen-bond acceptors (Lipinski definition) is 4. The van der Waals surface area contributed by atoms with E-state index in [2.05, 4.69) is 31.0 Å². The highest BCUT2D eigenvalue weighted by Crippen LogP contribution is 2.08. The number of ether oxygens (including phenoxy) is 1. The Hall–Kier alpha value is -1.04. The number of β-amino-alcohol motifs (C(OH)–C–C–N with tert-alkyl or cyclic N) is 1. The van der Waals surface area contributed by atoms with Crippen LogP contribution in [0.25, 0.3) is 0 Å². The van der Waals surface area contributed by atoms with Gasteiger partial charge in [-0.1, -0.05) is 0 Å². The second-order valence-corrected chi connectivity index (χ2v) is 3.27. The van der Waals surface area contributed by atoms with Crippen molar-refractivity contribution < 1.29 is 14.9 Å². The van der Waals surface area contributed by atoms with Gasteiger partial charge in [0.25, 0.3) is 0 Å². The fourth-order valence-corrected chi connectivity index (χ4v) is 1.30. The summed E-state index contributed by atoms with van der Waals surface area (Å²) in [4.78, 5) is 0. The summed E-state index contributed by atoms with van der Waals surface area (Å²) >= 11 is 0. The van der Waals surface area contributed by atoms with E-state index in [9.17, 15) is 0 Å². The third kappa shape index (κ3) is 9.51. The zero-order valence-electron chi connectivity index (χ0n) is 9.67. The Kier molecular flexibility index (Phi) is 13.1. The number of aliphatic hydroxyl groups is 2. The Labute approximate surface area is 98.0 Å². The molecule has 1 saturated heterocycles. The molecule has 0 aromatic heterocycles. The third-order valence-corrected chi connectivity index (χ3v) is 2.03. The summed E-state index contributed by atoms with van der Waals surface area (Å²) in [6.45, 7) is 2.75. The molecule has 0 radical (unpaired) electrons. The van der Waals surface area contributed by atoms with Gasteiger partial charge in [-0.15, -0.1) is 25.7 Å². The quantitative estimate of drug-likeness (QED) is 0.467. The lowest BCUT2D eigenvalue weighted by molar-refractivity contribution is -0.0944. The molecule has 2 unspecified atom stereocenters. The molecule has 1 aliphatic rings. The van der Waals surface area contributed by atoms with Crippen molar-refractivity contribution in [1.82, 2.24) is 5.32 Å². The molecule has 0 aromatic rings. The van der Waals surface area contributed by atoms with Crippen LogP contribution >= 0.6 is 0 Å². The van der Waals surface area contributed by atoms with Crippen molar-refractivity contribution in [2.75, 3.05) is 13.2 Å². The molecule has 1 heterocycles. The van der Waals surface area contributed by atoms with Crippen LogP contribution in [-0.4, -0.2) is 41.8 Å². The molecular weight excluding hydrogens is 206 g/mol. The van der Waals surface area contributed by atoms with Crippen LogP contribution in [0.2, 0.25) is 0 Å². The van der Waals surface area contributed by atoms with E-state index in [4.69, 9.17) is 14.9 Å². The highest BCUT2D eigenvalue weighted by Gasteiger charge is 2.18. The standard InChI is InChI=1S/C8H17NO3.2C2H2/c1-6(10)12-5-7-2-3-8(11)4-9-7;2*1-2/h6-11H,2-5H2,1H3;2*1-2H/t6-,7?,8?;;/m1../s1. The van der Waals surface area contributed by atoms with Gasteiger partial charge in [-0.25, -0.2) is 0 Å². The molecule has 92 valence electrons. The zero-order valence-corrected chi connectivity index (χ0v) is 9.67. The molecule has 4 heteroatoms. The molecule has 0 amide bonds. The summed E-state index contributed by atoms with van der Waals surface area (Å²) in [5.41, 5.74) is 0. The molecule has 3 atom stereocenters. The van der Waals surface area contributed by atoms with Crippen molar-refractivity contribution in [3.8, 4) is 25.7 Å². The normalized spacial score (nSPS) is 25.2. The lowest BCUT2D eigenvalue weighted by Gasteiger charge is -2.27. The van der Waals surface area contributed by atoms with Crippen LogP contribution in [0.15, 0.2) is 0 Å². The predicted octanol–water partition coefficient (Wildman–Crippen LogP) is -0.0470. The minimum atomic E-state index is -0.696. The molecule has 0 spiro atoms. The van der Waals surface area contributed by atoms with Gasteiger partial charge in [0.15, 0.2) is 6.29 Å². The van der Waals surface area contributed by atoms with E-state index in [1.807, 2.05) is 0 Å². The molecule has 0 aliphatic carbocycles. The lowest BCUT2D eigenvalue weighted by atomic mass is 10.0. The fourth-order valence-electron chi connectivity index (χ4n) is 1.30. The second kappa shape index (κ2) is 12.0. The van der Waals surface area contributed by atoms with Crippen LogP contribution in [0.5, 0.6) is 0 Å². The molecule has 1 rings (SSSR count). The zero-order chi connectivity index (χ0) is 13.0. The van der Waals surface area contributed by atoms with Crippen molar-refractivity contribution in [1.29, 1.82) is 0 Å². The van der Waals surface area contributed by atoms with Crippen LogP contribution in [0.4, 0.5) is 0 Å². The van der Waals surface area contributed by atoms with Gasteiger partial charge in [-0.05, 0) is 19.8 Å². The third-order valence-electron chi connectivity index (χ3n) is 2.03. The van der Waals surface area contributed by atoms with E-state index in [0.717, 1.165) is 12.8 Å². The van der Waals surface area contributed by atoms with Gasteiger partial charge in [0.1, 0.15) is 0 Å². The van der Waals surface area contributed by atoms with Crippen molar-refractivity contribution >= 4 is 0 Å². The highest BCUT2D eigenvalue weighted by atomic mass is 16.6. The first-order valence-corrected chi connectivity index (χ1v) is 5.06. The van der Waals surface area contributed by atoms with E-state index < -0.39 is 6.29 Å². The van der Waals surface area contributed by atoms with Gasteiger partial charge < -0.3 is 20.3 Å². The molecule has 1 fully saturated rings. The Bertz CT molecular complexity index is 175. The minimum Gasteiger partial charge on any atom is -0.392 e. The van der Waals surface area contributed by atoms with Gasteiger partial charge in [-0.3, -0.25) is 0 Å². The lowest BCUT2D eigenvalue weighted by Crippen LogP contribution is -2.44. The summed E-state index contributed by atoms with van der Waals surface area (Å²) in [7, 11) is 0. The number of hydrogen-bond donors (Lipinski definition) is 3. The maximum absolute atomic E-state index is 9.15. The molecule has 1 aliphatic heterocycles. The molecule has 4 nitrogen and oxygen atoms in total. The van der Waals surface area contributed by atoms with Crippen molar-refractivity contribution in [3.63, 3.8) is 0 Å². The molecule has 16 heavy (non-hydrogen) atoms. The van der Waals surface area contributed by atoms with Gasteiger partial charge in [0, 0.05) is 12.6 Å². The summed E-state index contributed by atoms with van der Waals surface area (Å²) < 4.78 is 5.03. The SMILES string of the molecule is C#C.C#C.C[C@H](O)OCC1CCC(O)CN1. The van der Waals surface area contributed by atoms with E-state index in [1.54, 1.807) is 6.92 Å². The van der Waals surface area contributed by atoms with Gasteiger partial charge in [-0.2, -0.15) is 0 Å². The van der Waals surface area contributed by atoms with Crippen LogP contribution < -0.4 is 5.32 Å². The summed E-state index contributed by atoms with van der Waals surface area (Å²) in [6.07, 6.45) is 16.8. The van der Waals surface area contributed by atoms with Gasteiger partial charge >= 0.3 is 0 Å². The second-order valence-electron chi connectivity index (χ2n) is 3.27. The minimum absolute atomic E-state index is 0.215. The Morgan fingerprint density at radius 3 is 2.25 bits per heavy atom. The Balaban J connectivity index is 0. The first-order chi connectivity index (χ1) is 7.68. The van der Waals surface area contributed by atoms with Gasteiger partial charge in [0.2, 0.25) is 0 Å². The van der Waals surface area contributed by atoms with Crippen molar-refractivity contribution in [2.24, 2.45) is 0 Å². The van der Waals surface area contributed by atoms with Crippen LogP contribution in [0.1, 0.15) is 19.8 Å². The summed E-state index contributed by atoms with van der Waals surface area (Å²) in [6, 6.07) is 0.281. The number of rotatable bonds is 3. The smallest absolute Gasteiger partial charge is 0.151 e. The summed E-state index contributed by atoms with van der Waals surface area (Å²) in [5, 5.41) is 21.1. The molecule has 0 bridgehead atoms. The topological polar surface area (TPSA) is 61.7 Å². The summed E-state index contributed by atoms with van der Waals surface area (Å²) in [5.74, 6) is 0. The van der Waals surface area contributed by atoms with Gasteiger partial charge in [0.05, 0.1) is 12.7 Å². The fraction of sp³-hybridized carbons (Fsp3) is 0.667. The van der Waals surface area contributed by atoms with Crippen LogP contribution in [-0.2, 0) is 4.74 Å². The molecular formula is C12H21NO3. The maximum atomic E-state index is 9.15.